The molecule has 0 aliphatic rings. The Morgan fingerprint density at radius 2 is 1.88 bits per heavy atom. The van der Waals surface area contributed by atoms with Gasteiger partial charge in [0.2, 0.25) is 10.0 Å². The zero-order valence-electron chi connectivity index (χ0n) is 9.06. The second-order valence-corrected chi connectivity index (χ2v) is 5.03. The number of rotatable bonds is 4. The van der Waals surface area contributed by atoms with Gasteiger partial charge in [0.1, 0.15) is 0 Å². The number of benzene rings is 1. The van der Waals surface area contributed by atoms with E-state index < -0.39 is 21.7 Å². The molecule has 0 saturated heterocycles. The lowest BCUT2D eigenvalue weighted by Gasteiger charge is -2.06. The van der Waals surface area contributed by atoms with Crippen molar-refractivity contribution in [1.29, 1.82) is 0 Å². The normalized spacial score (nSPS) is 10.9. The lowest BCUT2D eigenvalue weighted by molar-refractivity contribution is -0.137. The van der Waals surface area contributed by atoms with Crippen LogP contribution in [0.2, 0.25) is 0 Å². The van der Waals surface area contributed by atoms with Crippen LogP contribution >= 0.6 is 0 Å². The van der Waals surface area contributed by atoms with E-state index in [1.54, 1.807) is 24.3 Å². The molecular weight excluding hydrogens is 230 g/mol. The van der Waals surface area contributed by atoms with Crippen molar-refractivity contribution < 1.29 is 17.9 Å². The van der Waals surface area contributed by atoms with Crippen molar-refractivity contribution in [2.45, 2.75) is 6.92 Å². The number of sulfonamides is 1. The second-order valence-electron chi connectivity index (χ2n) is 3.30. The second kappa shape index (κ2) is 4.98. The van der Waals surface area contributed by atoms with Gasteiger partial charge >= 0.3 is 5.97 Å². The molecular formula is C10H13NO4S. The van der Waals surface area contributed by atoms with Crippen molar-refractivity contribution >= 4 is 21.7 Å². The van der Waals surface area contributed by atoms with Crippen LogP contribution in [0.15, 0.2) is 24.3 Å². The smallest absolute Gasteiger partial charge is 0.322 e. The third-order valence-electron chi connectivity index (χ3n) is 1.86. The van der Waals surface area contributed by atoms with E-state index in [9.17, 15) is 13.2 Å². The average Bonchev–Trinajstić information content (AvgIpc) is 2.20. The first-order valence-corrected chi connectivity index (χ1v) is 6.22. The molecule has 0 aliphatic carbocycles. The third-order valence-corrected chi connectivity index (χ3v) is 3.02. The molecule has 0 bridgehead atoms. The molecule has 1 rings (SSSR count). The lowest BCUT2D eigenvalue weighted by atomic mass is 10.2. The maximum Gasteiger partial charge on any atom is 0.322 e. The number of hydrogen-bond acceptors (Lipinski definition) is 4. The molecule has 0 unspecified atom stereocenters. The minimum absolute atomic E-state index is 0.425. The van der Waals surface area contributed by atoms with Crippen LogP contribution in [0.5, 0.6) is 0 Å². The minimum atomic E-state index is -3.68. The van der Waals surface area contributed by atoms with Gasteiger partial charge in [0, 0.05) is 5.69 Å². The maximum absolute atomic E-state index is 11.4. The Bertz CT molecular complexity index is 464. The van der Waals surface area contributed by atoms with Gasteiger partial charge < -0.3 is 4.74 Å². The zero-order chi connectivity index (χ0) is 12.2. The molecule has 88 valence electrons. The van der Waals surface area contributed by atoms with E-state index in [-0.39, 0.29) is 0 Å². The molecule has 0 aliphatic heterocycles. The van der Waals surface area contributed by atoms with Crippen molar-refractivity contribution in [3.8, 4) is 0 Å². The van der Waals surface area contributed by atoms with Gasteiger partial charge in [-0.1, -0.05) is 17.7 Å². The highest BCUT2D eigenvalue weighted by molar-refractivity contribution is 7.93. The molecule has 1 aromatic carbocycles. The van der Waals surface area contributed by atoms with Crippen LogP contribution in [0.1, 0.15) is 5.56 Å². The van der Waals surface area contributed by atoms with Crippen molar-refractivity contribution in [2.75, 3.05) is 17.6 Å². The van der Waals surface area contributed by atoms with Crippen LogP contribution in [0.25, 0.3) is 0 Å². The van der Waals surface area contributed by atoms with Gasteiger partial charge in [-0.25, -0.2) is 8.42 Å². The molecule has 1 aromatic rings. The summed E-state index contributed by atoms with van der Waals surface area (Å²) in [6.45, 7) is 1.90. The van der Waals surface area contributed by atoms with Crippen LogP contribution in [0.3, 0.4) is 0 Å². The molecule has 0 saturated carbocycles. The monoisotopic (exact) mass is 243 g/mol. The van der Waals surface area contributed by atoms with E-state index in [0.29, 0.717) is 5.69 Å². The first-order valence-electron chi connectivity index (χ1n) is 4.57. The fraction of sp³-hybridized carbons (Fsp3) is 0.300. The molecule has 0 atom stereocenters. The fourth-order valence-corrected chi connectivity index (χ4v) is 2.05. The summed E-state index contributed by atoms with van der Waals surface area (Å²) in [4.78, 5) is 10.8. The van der Waals surface area contributed by atoms with E-state index >= 15 is 0 Å². The summed E-state index contributed by atoms with van der Waals surface area (Å²) < 4.78 is 29.5. The fourth-order valence-electron chi connectivity index (χ4n) is 1.05. The van der Waals surface area contributed by atoms with Gasteiger partial charge in [-0.2, -0.15) is 0 Å². The molecule has 5 nitrogen and oxygen atoms in total. The number of methoxy groups -OCH3 is 1. The zero-order valence-corrected chi connectivity index (χ0v) is 9.87. The highest BCUT2D eigenvalue weighted by Crippen LogP contribution is 2.10. The third kappa shape index (κ3) is 3.90. The van der Waals surface area contributed by atoms with Gasteiger partial charge in [-0.15, -0.1) is 0 Å². The Morgan fingerprint density at radius 1 is 1.31 bits per heavy atom. The largest absolute Gasteiger partial charge is 0.468 e. The molecule has 0 fully saturated rings. The van der Waals surface area contributed by atoms with Crippen molar-refractivity contribution in [3.63, 3.8) is 0 Å². The number of anilines is 1. The van der Waals surface area contributed by atoms with Crippen LogP contribution in [0.4, 0.5) is 5.69 Å². The average molecular weight is 243 g/mol. The summed E-state index contributed by atoms with van der Waals surface area (Å²) in [5.41, 5.74) is 1.45. The van der Waals surface area contributed by atoms with E-state index in [1.165, 1.54) is 0 Å². The number of esters is 1. The molecule has 6 heteroatoms. The number of nitrogens with one attached hydrogen (secondary N) is 1. The van der Waals surface area contributed by atoms with Gasteiger partial charge in [0.05, 0.1) is 7.11 Å². The van der Waals surface area contributed by atoms with Gasteiger partial charge in [0.15, 0.2) is 5.75 Å². The topological polar surface area (TPSA) is 72.5 Å². The minimum Gasteiger partial charge on any atom is -0.468 e. The van der Waals surface area contributed by atoms with Crippen LogP contribution in [0, 0.1) is 6.92 Å². The maximum atomic E-state index is 11.4. The lowest BCUT2D eigenvalue weighted by Crippen LogP contribution is -2.23. The molecule has 16 heavy (non-hydrogen) atoms. The van der Waals surface area contributed by atoms with Crippen molar-refractivity contribution in [2.24, 2.45) is 0 Å². The summed E-state index contributed by atoms with van der Waals surface area (Å²) in [7, 11) is -2.54. The predicted octanol–water partition coefficient (Wildman–Crippen LogP) is 0.910. The van der Waals surface area contributed by atoms with Gasteiger partial charge in [-0.05, 0) is 19.1 Å². The Balaban J connectivity index is 2.73. The molecule has 0 aromatic heterocycles. The summed E-state index contributed by atoms with van der Waals surface area (Å²) in [5.74, 6) is -1.48. The first kappa shape index (κ1) is 12.5. The SMILES string of the molecule is COC(=O)CS(=O)(=O)Nc1ccc(C)cc1. The summed E-state index contributed by atoms with van der Waals surface area (Å²) in [6, 6.07) is 6.81. The molecule has 0 amide bonds. The van der Waals surface area contributed by atoms with Gasteiger partial charge in [0.25, 0.3) is 0 Å². The summed E-state index contributed by atoms with van der Waals surface area (Å²) in [6.07, 6.45) is 0. The standard InChI is InChI=1S/C10H13NO4S/c1-8-3-5-9(6-4-8)11-16(13,14)7-10(12)15-2/h3-6,11H,7H2,1-2H3. The number of carbonyl (C=O) groups excluding carboxylic acids is 1. The van der Waals surface area contributed by atoms with Crippen LogP contribution in [-0.4, -0.2) is 27.2 Å². The number of hydrogen-bond donors (Lipinski definition) is 1. The number of carbonyl (C=O) groups is 1. The van der Waals surface area contributed by atoms with Crippen LogP contribution in [-0.2, 0) is 19.6 Å². The van der Waals surface area contributed by atoms with E-state index in [0.717, 1.165) is 12.7 Å². The molecule has 0 heterocycles. The Labute approximate surface area is 94.5 Å². The number of ether oxygens (including phenoxy) is 1. The highest BCUT2D eigenvalue weighted by atomic mass is 32.2. The number of aryl methyl sites for hydroxylation is 1. The summed E-state index contributed by atoms with van der Waals surface area (Å²) >= 11 is 0. The van der Waals surface area contributed by atoms with E-state index in [4.69, 9.17) is 0 Å². The quantitative estimate of drug-likeness (QED) is 0.798. The Morgan fingerprint density at radius 3 is 2.38 bits per heavy atom. The Hall–Kier alpha value is -1.56. The predicted molar refractivity (Wildman–Crippen MR) is 60.6 cm³/mol. The van der Waals surface area contributed by atoms with Gasteiger partial charge in [-0.3, -0.25) is 9.52 Å². The molecule has 1 N–H and O–H groups in total. The molecule has 0 spiro atoms. The molecule has 0 radical (unpaired) electrons. The van der Waals surface area contributed by atoms with Crippen molar-refractivity contribution in [1.82, 2.24) is 0 Å². The van der Waals surface area contributed by atoms with Crippen molar-refractivity contribution in [3.05, 3.63) is 29.8 Å². The highest BCUT2D eigenvalue weighted by Gasteiger charge is 2.16. The van der Waals surface area contributed by atoms with E-state index in [1.807, 2.05) is 6.92 Å². The first-order chi connectivity index (χ1) is 7.43. The summed E-state index contributed by atoms with van der Waals surface area (Å²) in [5, 5.41) is 0. The van der Waals surface area contributed by atoms with E-state index in [2.05, 4.69) is 9.46 Å². The Kier molecular flexibility index (Phi) is 3.89. The van der Waals surface area contributed by atoms with Crippen LogP contribution < -0.4 is 4.72 Å².